The summed E-state index contributed by atoms with van der Waals surface area (Å²) in [6.45, 7) is 3.41. The lowest BCUT2D eigenvalue weighted by Crippen LogP contribution is -2.23. The molecule has 0 fully saturated rings. The van der Waals surface area contributed by atoms with E-state index in [0.29, 0.717) is 6.54 Å². The number of thiazole rings is 1. The van der Waals surface area contributed by atoms with E-state index in [2.05, 4.69) is 27.2 Å². The Bertz CT molecular complexity index is 997. The predicted octanol–water partition coefficient (Wildman–Crippen LogP) is 4.21. The molecule has 1 aromatic carbocycles. The Labute approximate surface area is 162 Å². The van der Waals surface area contributed by atoms with Crippen LogP contribution in [0, 0.1) is 6.92 Å². The molecule has 0 atom stereocenters. The lowest BCUT2D eigenvalue weighted by atomic mass is 10.1. The SMILES string of the molecule is Cc1[nH]n(CCc2ncc(-c3ccccc3)s2)c(=O)c1C1=NCCCCC1. The van der Waals surface area contributed by atoms with Gasteiger partial charge in [0.2, 0.25) is 0 Å². The van der Waals surface area contributed by atoms with Crippen LogP contribution in [-0.4, -0.2) is 27.0 Å². The molecule has 0 bridgehead atoms. The van der Waals surface area contributed by atoms with Crippen LogP contribution in [0.4, 0.5) is 0 Å². The number of nitrogens with one attached hydrogen (secondary N) is 1. The summed E-state index contributed by atoms with van der Waals surface area (Å²) in [6.07, 6.45) is 6.99. The zero-order chi connectivity index (χ0) is 18.6. The number of H-pyrrole nitrogens is 1. The van der Waals surface area contributed by atoms with Gasteiger partial charge < -0.3 is 0 Å². The molecule has 0 amide bonds. The molecule has 6 heteroatoms. The maximum Gasteiger partial charge on any atom is 0.275 e. The van der Waals surface area contributed by atoms with Gasteiger partial charge in [-0.25, -0.2) is 4.98 Å². The predicted molar refractivity (Wildman–Crippen MR) is 111 cm³/mol. The van der Waals surface area contributed by atoms with E-state index in [4.69, 9.17) is 0 Å². The van der Waals surface area contributed by atoms with Crippen molar-refractivity contribution in [1.82, 2.24) is 14.8 Å². The van der Waals surface area contributed by atoms with E-state index in [-0.39, 0.29) is 5.56 Å². The van der Waals surface area contributed by atoms with Gasteiger partial charge in [-0.2, -0.15) is 0 Å². The van der Waals surface area contributed by atoms with Crippen molar-refractivity contribution >= 4 is 17.0 Å². The average molecular weight is 381 g/mol. The zero-order valence-electron chi connectivity index (χ0n) is 15.6. The quantitative estimate of drug-likeness (QED) is 0.720. The van der Waals surface area contributed by atoms with E-state index in [9.17, 15) is 4.79 Å². The minimum absolute atomic E-state index is 0.0491. The highest BCUT2D eigenvalue weighted by atomic mass is 32.1. The lowest BCUT2D eigenvalue weighted by molar-refractivity contribution is 0.591. The summed E-state index contributed by atoms with van der Waals surface area (Å²) in [5.41, 5.74) is 3.91. The third kappa shape index (κ3) is 3.95. The van der Waals surface area contributed by atoms with Crippen molar-refractivity contribution in [2.45, 2.75) is 45.6 Å². The maximum absolute atomic E-state index is 12.9. The summed E-state index contributed by atoms with van der Waals surface area (Å²) < 4.78 is 1.71. The molecule has 1 aliphatic heterocycles. The Balaban J connectivity index is 1.49. The molecule has 27 heavy (non-hydrogen) atoms. The van der Waals surface area contributed by atoms with Crippen molar-refractivity contribution < 1.29 is 0 Å². The topological polar surface area (TPSA) is 63.0 Å². The first kappa shape index (κ1) is 17.9. The molecule has 2 aromatic heterocycles. The molecule has 0 unspecified atom stereocenters. The van der Waals surface area contributed by atoms with Gasteiger partial charge in [-0.3, -0.25) is 19.6 Å². The number of aliphatic imine (C=N–C) groups is 1. The third-order valence-electron chi connectivity index (χ3n) is 4.96. The number of rotatable bonds is 5. The van der Waals surface area contributed by atoms with E-state index in [1.807, 2.05) is 31.3 Å². The highest BCUT2D eigenvalue weighted by molar-refractivity contribution is 7.15. The highest BCUT2D eigenvalue weighted by Gasteiger charge is 2.18. The molecule has 3 aromatic rings. The number of aromatic amines is 1. The Morgan fingerprint density at radius 3 is 2.89 bits per heavy atom. The first-order valence-corrected chi connectivity index (χ1v) is 10.4. The van der Waals surface area contributed by atoms with E-state index < -0.39 is 0 Å². The number of aryl methyl sites for hydroxylation is 3. The second-order valence-corrected chi connectivity index (χ2v) is 8.06. The third-order valence-corrected chi connectivity index (χ3v) is 6.07. The fraction of sp³-hybridized carbons (Fsp3) is 0.381. The maximum atomic E-state index is 12.9. The molecule has 4 rings (SSSR count). The van der Waals surface area contributed by atoms with Crippen molar-refractivity contribution in [2.75, 3.05) is 6.54 Å². The van der Waals surface area contributed by atoms with Crippen molar-refractivity contribution in [2.24, 2.45) is 4.99 Å². The van der Waals surface area contributed by atoms with Crippen LogP contribution in [0.2, 0.25) is 0 Å². The van der Waals surface area contributed by atoms with Gasteiger partial charge in [0.15, 0.2) is 0 Å². The summed E-state index contributed by atoms with van der Waals surface area (Å²) in [4.78, 5) is 23.2. The fourth-order valence-electron chi connectivity index (χ4n) is 3.55. The molecule has 0 saturated heterocycles. The van der Waals surface area contributed by atoms with Crippen molar-refractivity contribution in [3.05, 3.63) is 63.1 Å². The average Bonchev–Trinajstić information content (AvgIpc) is 3.16. The van der Waals surface area contributed by atoms with Crippen molar-refractivity contribution in [1.29, 1.82) is 0 Å². The zero-order valence-corrected chi connectivity index (χ0v) is 16.4. The van der Waals surface area contributed by atoms with E-state index >= 15 is 0 Å². The van der Waals surface area contributed by atoms with Crippen LogP contribution in [-0.2, 0) is 13.0 Å². The summed E-state index contributed by atoms with van der Waals surface area (Å²) in [5, 5.41) is 4.28. The van der Waals surface area contributed by atoms with Gasteiger partial charge in [-0.15, -0.1) is 11.3 Å². The molecule has 1 aliphatic rings. The molecular formula is C21H24N4OS. The second kappa shape index (κ2) is 8.05. The van der Waals surface area contributed by atoms with Crippen LogP contribution in [0.15, 0.2) is 46.3 Å². The largest absolute Gasteiger partial charge is 0.299 e. The van der Waals surface area contributed by atoms with Gasteiger partial charge in [0.05, 0.1) is 15.4 Å². The number of hydrogen-bond donors (Lipinski definition) is 1. The monoisotopic (exact) mass is 380 g/mol. The van der Waals surface area contributed by atoms with Gasteiger partial charge in [0.1, 0.15) is 0 Å². The van der Waals surface area contributed by atoms with Gasteiger partial charge in [0.25, 0.3) is 5.56 Å². The number of aromatic nitrogens is 3. The molecular weight excluding hydrogens is 356 g/mol. The molecule has 0 aliphatic carbocycles. The van der Waals surface area contributed by atoms with Gasteiger partial charge in [-0.05, 0) is 31.7 Å². The Hall–Kier alpha value is -2.47. The fourth-order valence-corrected chi connectivity index (χ4v) is 4.46. The molecule has 0 saturated carbocycles. The second-order valence-electron chi connectivity index (χ2n) is 6.94. The Kier molecular flexibility index (Phi) is 5.34. The molecule has 0 radical (unpaired) electrons. The van der Waals surface area contributed by atoms with Gasteiger partial charge >= 0.3 is 0 Å². The molecule has 1 N–H and O–H groups in total. The summed E-state index contributed by atoms with van der Waals surface area (Å²) >= 11 is 1.69. The summed E-state index contributed by atoms with van der Waals surface area (Å²) in [6, 6.07) is 10.3. The lowest BCUT2D eigenvalue weighted by Gasteiger charge is -2.00. The van der Waals surface area contributed by atoms with Crippen LogP contribution in [0.5, 0.6) is 0 Å². The summed E-state index contributed by atoms with van der Waals surface area (Å²) in [5.74, 6) is 0. The Morgan fingerprint density at radius 1 is 1.19 bits per heavy atom. The van der Waals surface area contributed by atoms with E-state index in [0.717, 1.165) is 59.1 Å². The number of hydrogen-bond acceptors (Lipinski definition) is 4. The van der Waals surface area contributed by atoms with Gasteiger partial charge in [0, 0.05) is 37.1 Å². The molecule has 0 spiro atoms. The van der Waals surface area contributed by atoms with Crippen LogP contribution in [0.25, 0.3) is 10.4 Å². The highest BCUT2D eigenvalue weighted by Crippen LogP contribution is 2.26. The first-order chi connectivity index (χ1) is 13.2. The molecule has 5 nitrogen and oxygen atoms in total. The van der Waals surface area contributed by atoms with Crippen LogP contribution < -0.4 is 5.56 Å². The molecule has 3 heterocycles. The molecule has 140 valence electrons. The Morgan fingerprint density at radius 2 is 2.04 bits per heavy atom. The van der Waals surface area contributed by atoms with Crippen LogP contribution >= 0.6 is 11.3 Å². The van der Waals surface area contributed by atoms with Crippen LogP contribution in [0.1, 0.15) is 41.9 Å². The number of nitrogens with zero attached hydrogens (tertiary/aromatic N) is 3. The summed E-state index contributed by atoms with van der Waals surface area (Å²) in [7, 11) is 0. The van der Waals surface area contributed by atoms with Crippen LogP contribution in [0.3, 0.4) is 0 Å². The van der Waals surface area contributed by atoms with Crippen molar-refractivity contribution in [3.8, 4) is 10.4 Å². The first-order valence-electron chi connectivity index (χ1n) is 9.55. The van der Waals surface area contributed by atoms with Crippen molar-refractivity contribution in [3.63, 3.8) is 0 Å². The minimum atomic E-state index is 0.0491. The van der Waals surface area contributed by atoms with E-state index in [1.165, 1.54) is 12.0 Å². The standard InChI is InChI=1S/C21H24N4OS/c1-15-20(17-10-6-3-7-12-22-17)21(26)25(24-15)13-11-19-23-14-18(27-19)16-8-4-2-5-9-16/h2,4-5,8-9,14,24H,3,6-7,10-13H2,1H3. The normalized spacial score (nSPS) is 14.8. The smallest absolute Gasteiger partial charge is 0.275 e. The number of benzene rings is 1. The minimum Gasteiger partial charge on any atom is -0.299 e. The van der Waals surface area contributed by atoms with Gasteiger partial charge in [-0.1, -0.05) is 36.8 Å². The van der Waals surface area contributed by atoms with E-state index in [1.54, 1.807) is 16.0 Å².